The summed E-state index contributed by atoms with van der Waals surface area (Å²) in [5, 5.41) is 14.4. The number of pyridine rings is 2. The monoisotopic (exact) mass is 433 g/mol. The van der Waals surface area contributed by atoms with Gasteiger partial charge < -0.3 is 9.88 Å². The fourth-order valence-corrected chi connectivity index (χ4v) is 3.33. The summed E-state index contributed by atoms with van der Waals surface area (Å²) in [6.07, 6.45) is 6.57. The van der Waals surface area contributed by atoms with Gasteiger partial charge in [0.2, 0.25) is 5.82 Å². The number of tetrazole rings is 1. The van der Waals surface area contributed by atoms with E-state index in [4.69, 9.17) is 0 Å². The summed E-state index contributed by atoms with van der Waals surface area (Å²) in [5.41, 5.74) is 1.71. The van der Waals surface area contributed by atoms with Crippen LogP contribution in [0.2, 0.25) is 0 Å². The van der Waals surface area contributed by atoms with Gasteiger partial charge in [0.05, 0.1) is 29.9 Å². The van der Waals surface area contributed by atoms with Crippen LogP contribution in [0, 0.1) is 5.82 Å². The molecule has 162 valence electrons. The Bertz CT molecular complexity index is 1290. The van der Waals surface area contributed by atoms with Crippen LogP contribution in [0.25, 0.3) is 17.2 Å². The summed E-state index contributed by atoms with van der Waals surface area (Å²) >= 11 is 0. The van der Waals surface area contributed by atoms with E-state index in [1.807, 2.05) is 13.8 Å². The second kappa shape index (κ2) is 7.91. The van der Waals surface area contributed by atoms with E-state index in [9.17, 15) is 9.18 Å². The number of anilines is 1. The number of hydrogen-bond acceptors (Lipinski definition) is 7. The molecule has 10 nitrogen and oxygen atoms in total. The number of carbonyl (C=O) groups excluding carboxylic acids is 1. The molecule has 0 aliphatic heterocycles. The predicted molar refractivity (Wildman–Crippen MR) is 113 cm³/mol. The van der Waals surface area contributed by atoms with E-state index in [0.29, 0.717) is 23.3 Å². The number of rotatable bonds is 6. The van der Waals surface area contributed by atoms with Crippen molar-refractivity contribution < 1.29 is 9.18 Å². The van der Waals surface area contributed by atoms with Gasteiger partial charge in [-0.2, -0.15) is 0 Å². The lowest BCUT2D eigenvalue weighted by molar-refractivity contribution is 0.102. The molecule has 0 spiro atoms. The first-order valence-corrected chi connectivity index (χ1v) is 10.3. The Balaban J connectivity index is 1.39. The minimum absolute atomic E-state index is 0.0468. The van der Waals surface area contributed by atoms with E-state index in [1.54, 1.807) is 40.0 Å². The summed E-state index contributed by atoms with van der Waals surface area (Å²) < 4.78 is 17.6. The van der Waals surface area contributed by atoms with Crippen molar-refractivity contribution in [3.63, 3.8) is 0 Å². The zero-order chi connectivity index (χ0) is 22.2. The van der Waals surface area contributed by atoms with Gasteiger partial charge in [-0.1, -0.05) is 6.07 Å². The predicted octanol–water partition coefficient (Wildman–Crippen LogP) is 3.17. The van der Waals surface area contributed by atoms with Crippen molar-refractivity contribution in [1.29, 1.82) is 0 Å². The first-order valence-electron chi connectivity index (χ1n) is 10.3. The van der Waals surface area contributed by atoms with Crippen LogP contribution in [0.4, 0.5) is 10.2 Å². The average Bonchev–Trinajstić information content (AvgIpc) is 3.31. The van der Waals surface area contributed by atoms with Crippen LogP contribution in [-0.2, 0) is 0 Å². The summed E-state index contributed by atoms with van der Waals surface area (Å²) in [4.78, 5) is 25.5. The fourth-order valence-electron chi connectivity index (χ4n) is 3.33. The molecule has 1 N–H and O–H groups in total. The summed E-state index contributed by atoms with van der Waals surface area (Å²) in [5.74, 6) is 0.185. The van der Waals surface area contributed by atoms with Crippen LogP contribution in [0.1, 0.15) is 54.8 Å². The Hall–Kier alpha value is -4.02. The van der Waals surface area contributed by atoms with Gasteiger partial charge in [-0.25, -0.2) is 24.0 Å². The van der Waals surface area contributed by atoms with Gasteiger partial charge in [-0.3, -0.25) is 4.79 Å². The molecule has 1 aliphatic rings. The molecule has 0 aromatic carbocycles. The van der Waals surface area contributed by atoms with Gasteiger partial charge in [-0.15, -0.1) is 5.10 Å². The zero-order valence-electron chi connectivity index (χ0n) is 17.5. The van der Waals surface area contributed by atoms with E-state index in [2.05, 4.69) is 35.8 Å². The van der Waals surface area contributed by atoms with Crippen molar-refractivity contribution in [2.24, 2.45) is 0 Å². The summed E-state index contributed by atoms with van der Waals surface area (Å²) in [7, 11) is 0. The molecule has 0 atom stereocenters. The van der Waals surface area contributed by atoms with Crippen LogP contribution in [0.5, 0.6) is 0 Å². The SMILES string of the molecule is CC(C)n1nnnc1-c1cccc(NC(=O)c2cc(-n3cnc(C4CC4)c3)c(F)cn2)n1. The summed E-state index contributed by atoms with van der Waals surface area (Å²) in [6, 6.07) is 6.58. The molecule has 0 bridgehead atoms. The Labute approximate surface area is 182 Å². The van der Waals surface area contributed by atoms with Gasteiger partial charge in [-0.05, 0) is 55.3 Å². The minimum Gasteiger partial charge on any atom is -0.305 e. The third-order valence-electron chi connectivity index (χ3n) is 5.15. The smallest absolute Gasteiger partial charge is 0.275 e. The molecular formula is C21H20FN9O. The number of nitrogens with one attached hydrogen (secondary N) is 1. The third kappa shape index (κ3) is 3.84. The lowest BCUT2D eigenvalue weighted by Crippen LogP contribution is -2.16. The van der Waals surface area contributed by atoms with Crippen LogP contribution in [0.3, 0.4) is 0 Å². The highest BCUT2D eigenvalue weighted by molar-refractivity contribution is 6.02. The topological polar surface area (TPSA) is 116 Å². The molecule has 1 saturated carbocycles. The maximum atomic E-state index is 14.4. The van der Waals surface area contributed by atoms with Crippen molar-refractivity contribution >= 4 is 11.7 Å². The molecule has 5 rings (SSSR count). The molecule has 32 heavy (non-hydrogen) atoms. The standard InChI is InChI=1S/C21H20FN9O/c1-12(2)31-20(27-28-29-31)15-4-3-5-19(25-15)26-21(32)16-8-18(14(22)9-23-16)30-10-17(24-11-30)13-6-7-13/h3-5,8-13H,6-7H2,1-2H3,(H,25,26,32). The van der Waals surface area contributed by atoms with Crippen molar-refractivity contribution in [2.75, 3.05) is 5.32 Å². The Morgan fingerprint density at radius 1 is 1.25 bits per heavy atom. The number of carbonyl (C=O) groups is 1. The Morgan fingerprint density at radius 2 is 2.09 bits per heavy atom. The number of hydrogen-bond donors (Lipinski definition) is 1. The summed E-state index contributed by atoms with van der Waals surface area (Å²) in [6.45, 7) is 3.91. The van der Waals surface area contributed by atoms with Gasteiger partial charge in [0.25, 0.3) is 5.91 Å². The second-order valence-electron chi connectivity index (χ2n) is 7.90. The molecule has 1 amide bonds. The molecule has 0 saturated heterocycles. The van der Waals surface area contributed by atoms with Crippen LogP contribution < -0.4 is 5.32 Å². The van der Waals surface area contributed by atoms with Crippen molar-refractivity contribution in [3.05, 3.63) is 60.2 Å². The first kappa shape index (κ1) is 19.9. The highest BCUT2D eigenvalue weighted by Gasteiger charge is 2.26. The number of nitrogens with zero attached hydrogens (tertiary/aromatic N) is 8. The van der Waals surface area contributed by atoms with Crippen LogP contribution in [-0.4, -0.2) is 45.6 Å². The normalized spacial score (nSPS) is 13.5. The van der Waals surface area contributed by atoms with Crippen LogP contribution >= 0.6 is 0 Å². The van der Waals surface area contributed by atoms with E-state index in [-0.39, 0.29) is 17.4 Å². The second-order valence-corrected chi connectivity index (χ2v) is 7.90. The van der Waals surface area contributed by atoms with Gasteiger partial charge in [0.1, 0.15) is 17.2 Å². The number of amides is 1. The Kier molecular flexibility index (Phi) is 4.92. The molecule has 1 fully saturated rings. The lowest BCUT2D eigenvalue weighted by atomic mass is 10.2. The lowest BCUT2D eigenvalue weighted by Gasteiger charge is -2.09. The number of halogens is 1. The van der Waals surface area contributed by atoms with Crippen LogP contribution in [0.15, 0.2) is 43.0 Å². The molecule has 4 aromatic heterocycles. The van der Waals surface area contributed by atoms with E-state index in [0.717, 1.165) is 24.7 Å². The van der Waals surface area contributed by atoms with Gasteiger partial charge in [0, 0.05) is 12.1 Å². The minimum atomic E-state index is -0.540. The largest absolute Gasteiger partial charge is 0.305 e. The number of aromatic nitrogens is 8. The average molecular weight is 433 g/mol. The fraction of sp³-hybridized carbons (Fsp3) is 0.286. The maximum Gasteiger partial charge on any atom is 0.275 e. The third-order valence-corrected chi connectivity index (χ3v) is 5.15. The van der Waals surface area contributed by atoms with Gasteiger partial charge >= 0.3 is 0 Å². The van der Waals surface area contributed by atoms with Crippen molar-refractivity contribution in [1.82, 2.24) is 39.7 Å². The highest BCUT2D eigenvalue weighted by Crippen LogP contribution is 2.39. The molecule has 4 aromatic rings. The molecule has 4 heterocycles. The number of imidazole rings is 1. The molecule has 1 aliphatic carbocycles. The highest BCUT2D eigenvalue weighted by atomic mass is 19.1. The molecule has 11 heteroatoms. The Morgan fingerprint density at radius 3 is 2.88 bits per heavy atom. The molecule has 0 radical (unpaired) electrons. The van der Waals surface area contributed by atoms with Gasteiger partial charge in [0.15, 0.2) is 5.82 Å². The zero-order valence-corrected chi connectivity index (χ0v) is 17.5. The first-order chi connectivity index (χ1) is 15.5. The maximum absolute atomic E-state index is 14.4. The molecule has 0 unspecified atom stereocenters. The van der Waals surface area contributed by atoms with E-state index in [1.165, 1.54) is 6.07 Å². The van der Waals surface area contributed by atoms with E-state index < -0.39 is 11.7 Å². The van der Waals surface area contributed by atoms with Crippen molar-refractivity contribution in [3.8, 4) is 17.2 Å². The quantitative estimate of drug-likeness (QED) is 0.496. The molecular weight excluding hydrogens is 413 g/mol. The van der Waals surface area contributed by atoms with E-state index >= 15 is 0 Å². The van der Waals surface area contributed by atoms with Crippen molar-refractivity contribution in [2.45, 2.75) is 38.6 Å².